The third kappa shape index (κ3) is 7.21. The van der Waals surface area contributed by atoms with Gasteiger partial charge in [0.05, 0.1) is 5.69 Å². The molecule has 2 fully saturated rings. The maximum atomic E-state index is 11.9. The molecule has 0 amide bonds. The molecule has 7 nitrogen and oxygen atoms in total. The lowest BCUT2D eigenvalue weighted by Crippen LogP contribution is -2.52. The molecule has 0 spiro atoms. The Balaban J connectivity index is 0.00000320. The number of nitrogens with zero attached hydrogens (tertiary/aromatic N) is 3. The van der Waals surface area contributed by atoms with Crippen LogP contribution in [0.3, 0.4) is 0 Å². The second kappa shape index (κ2) is 12.9. The largest absolute Gasteiger partial charge is 0.506 e. The molecule has 1 saturated heterocycles. The number of para-hydroxylation sites is 2. The van der Waals surface area contributed by atoms with Crippen LogP contribution in [0.15, 0.2) is 29.3 Å². The summed E-state index contributed by atoms with van der Waals surface area (Å²) in [7, 11) is 0. The van der Waals surface area contributed by atoms with Gasteiger partial charge in [0.2, 0.25) is 0 Å². The van der Waals surface area contributed by atoms with E-state index in [9.17, 15) is 9.90 Å². The summed E-state index contributed by atoms with van der Waals surface area (Å²) in [5.41, 5.74) is 0.884. The van der Waals surface area contributed by atoms with Crippen molar-refractivity contribution in [2.75, 3.05) is 44.2 Å². The molecule has 1 aliphatic carbocycles. The highest BCUT2D eigenvalue weighted by Crippen LogP contribution is 2.27. The number of guanidine groups is 1. The van der Waals surface area contributed by atoms with Gasteiger partial charge in [-0.2, -0.15) is 0 Å². The van der Waals surface area contributed by atoms with Crippen molar-refractivity contribution in [2.45, 2.75) is 51.6 Å². The highest BCUT2D eigenvalue weighted by molar-refractivity contribution is 14.0. The Morgan fingerprint density at radius 3 is 2.57 bits per heavy atom. The molecular formula is C22H35IN4O3. The van der Waals surface area contributed by atoms with Gasteiger partial charge in [-0.15, -0.1) is 24.0 Å². The fraction of sp³-hybridized carbons (Fsp3) is 0.636. The summed E-state index contributed by atoms with van der Waals surface area (Å²) in [6.45, 7) is 6.82. The number of hydrogen-bond acceptors (Lipinski definition) is 5. The summed E-state index contributed by atoms with van der Waals surface area (Å²) >= 11 is 0. The number of anilines is 1. The van der Waals surface area contributed by atoms with Gasteiger partial charge >= 0.3 is 5.97 Å². The van der Waals surface area contributed by atoms with Crippen molar-refractivity contribution in [3.05, 3.63) is 24.3 Å². The summed E-state index contributed by atoms with van der Waals surface area (Å²) in [5.74, 6) is 1.13. The normalized spacial score (nSPS) is 17.6. The van der Waals surface area contributed by atoms with Crippen molar-refractivity contribution in [2.24, 2.45) is 4.99 Å². The topological polar surface area (TPSA) is 77.4 Å². The zero-order valence-corrected chi connectivity index (χ0v) is 20.2. The maximum Gasteiger partial charge on any atom is 0.306 e. The quantitative estimate of drug-likeness (QED) is 0.185. The van der Waals surface area contributed by atoms with Crippen LogP contribution >= 0.6 is 24.0 Å². The third-order valence-corrected chi connectivity index (χ3v) is 5.54. The number of esters is 1. The Kier molecular flexibility index (Phi) is 10.5. The number of aromatic hydroxyl groups is 1. The predicted octanol–water partition coefficient (Wildman–Crippen LogP) is 3.36. The molecule has 2 N–H and O–H groups in total. The molecule has 0 unspecified atom stereocenters. The molecule has 1 heterocycles. The Hall–Kier alpha value is -1.71. The van der Waals surface area contributed by atoms with Crippen molar-refractivity contribution >= 4 is 41.6 Å². The van der Waals surface area contributed by atoms with Crippen molar-refractivity contribution in [1.82, 2.24) is 10.2 Å². The minimum Gasteiger partial charge on any atom is -0.506 e. The molecule has 30 heavy (non-hydrogen) atoms. The van der Waals surface area contributed by atoms with E-state index in [1.54, 1.807) is 6.07 Å². The first-order valence-electron chi connectivity index (χ1n) is 10.9. The Bertz CT molecular complexity index is 687. The van der Waals surface area contributed by atoms with Crippen LogP contribution in [0.25, 0.3) is 0 Å². The molecule has 1 aromatic rings. The molecule has 1 aliphatic heterocycles. The summed E-state index contributed by atoms with van der Waals surface area (Å²) in [4.78, 5) is 21.1. The van der Waals surface area contributed by atoms with Crippen LogP contribution in [0.1, 0.15) is 45.4 Å². The zero-order valence-electron chi connectivity index (χ0n) is 17.9. The lowest BCUT2D eigenvalue weighted by atomic mass is 10.2. The van der Waals surface area contributed by atoms with Crippen LogP contribution in [0.2, 0.25) is 0 Å². The minimum absolute atomic E-state index is 0. The first kappa shape index (κ1) is 24.6. The molecule has 1 aromatic carbocycles. The van der Waals surface area contributed by atoms with Crippen LogP contribution in [-0.4, -0.2) is 67.3 Å². The number of ether oxygens (including phenoxy) is 1. The standard InChI is InChI=1S/C22H34N4O3.HI/c1-2-23-22(24-13-7-12-21(28)29-18-8-3-4-9-18)26-16-14-25(15-17-26)19-10-5-6-11-20(19)27;/h5-6,10-11,18,27H,2-4,7-9,12-17H2,1H3,(H,23,24);1H. The Morgan fingerprint density at radius 1 is 1.20 bits per heavy atom. The Labute approximate surface area is 196 Å². The Morgan fingerprint density at radius 2 is 1.90 bits per heavy atom. The van der Waals surface area contributed by atoms with E-state index in [0.717, 1.165) is 57.2 Å². The molecule has 2 aliphatic rings. The molecule has 8 heteroatoms. The van der Waals surface area contributed by atoms with Gasteiger partial charge in [0.25, 0.3) is 0 Å². The van der Waals surface area contributed by atoms with Gasteiger partial charge in [0.1, 0.15) is 11.9 Å². The lowest BCUT2D eigenvalue weighted by Gasteiger charge is -2.37. The van der Waals surface area contributed by atoms with Crippen LogP contribution < -0.4 is 10.2 Å². The van der Waals surface area contributed by atoms with E-state index in [-0.39, 0.29) is 36.0 Å². The number of piperazine rings is 1. The number of carbonyl (C=O) groups excluding carboxylic acids is 1. The smallest absolute Gasteiger partial charge is 0.306 e. The summed E-state index contributed by atoms with van der Waals surface area (Å²) in [6.07, 6.45) is 5.65. The second-order valence-electron chi connectivity index (χ2n) is 7.70. The second-order valence-corrected chi connectivity index (χ2v) is 7.70. The van der Waals surface area contributed by atoms with Gasteiger partial charge in [-0.3, -0.25) is 9.79 Å². The van der Waals surface area contributed by atoms with E-state index < -0.39 is 0 Å². The summed E-state index contributed by atoms with van der Waals surface area (Å²) < 4.78 is 5.51. The number of rotatable bonds is 7. The molecule has 1 saturated carbocycles. The summed E-state index contributed by atoms with van der Waals surface area (Å²) in [6, 6.07) is 7.47. The molecule has 0 radical (unpaired) electrons. The number of hydrogen-bond donors (Lipinski definition) is 2. The average molecular weight is 530 g/mol. The van der Waals surface area contributed by atoms with Crippen LogP contribution in [0.4, 0.5) is 5.69 Å². The number of benzene rings is 1. The SMILES string of the molecule is CCNC(=NCCCC(=O)OC1CCCC1)N1CCN(c2ccccc2O)CC1.I. The monoisotopic (exact) mass is 530 g/mol. The number of phenolic OH excluding ortho intramolecular Hbond substituents is 1. The molecule has 0 bridgehead atoms. The fourth-order valence-corrected chi connectivity index (χ4v) is 3.98. The predicted molar refractivity (Wildman–Crippen MR) is 131 cm³/mol. The van der Waals surface area contributed by atoms with Crippen molar-refractivity contribution in [3.8, 4) is 5.75 Å². The first-order valence-corrected chi connectivity index (χ1v) is 10.9. The van der Waals surface area contributed by atoms with Crippen LogP contribution in [0.5, 0.6) is 5.75 Å². The number of halogens is 1. The van der Waals surface area contributed by atoms with Crippen molar-refractivity contribution < 1.29 is 14.6 Å². The van der Waals surface area contributed by atoms with Gasteiger partial charge in [-0.05, 0) is 51.2 Å². The molecule has 168 valence electrons. The average Bonchev–Trinajstić information content (AvgIpc) is 3.24. The van der Waals surface area contributed by atoms with Gasteiger partial charge in [-0.1, -0.05) is 12.1 Å². The number of carbonyl (C=O) groups is 1. The van der Waals surface area contributed by atoms with Gasteiger partial charge in [0, 0.05) is 45.7 Å². The number of aliphatic imine (C=N–C) groups is 1. The van der Waals surface area contributed by atoms with E-state index in [1.807, 2.05) is 18.2 Å². The molecule has 3 rings (SSSR count). The number of nitrogens with one attached hydrogen (secondary N) is 1. The van der Waals surface area contributed by atoms with E-state index in [0.29, 0.717) is 25.1 Å². The van der Waals surface area contributed by atoms with Gasteiger partial charge < -0.3 is 25.0 Å². The maximum absolute atomic E-state index is 11.9. The minimum atomic E-state index is -0.0895. The van der Waals surface area contributed by atoms with Gasteiger partial charge in [-0.25, -0.2) is 0 Å². The van der Waals surface area contributed by atoms with E-state index >= 15 is 0 Å². The van der Waals surface area contributed by atoms with Crippen molar-refractivity contribution in [1.29, 1.82) is 0 Å². The van der Waals surface area contributed by atoms with Crippen LogP contribution in [0, 0.1) is 0 Å². The molecule has 0 aromatic heterocycles. The van der Waals surface area contributed by atoms with E-state index in [4.69, 9.17) is 9.73 Å². The number of phenols is 1. The third-order valence-electron chi connectivity index (χ3n) is 5.54. The molecular weight excluding hydrogens is 495 g/mol. The molecule has 0 atom stereocenters. The first-order chi connectivity index (χ1) is 14.2. The van der Waals surface area contributed by atoms with Crippen molar-refractivity contribution in [3.63, 3.8) is 0 Å². The van der Waals surface area contributed by atoms with Gasteiger partial charge in [0.15, 0.2) is 5.96 Å². The van der Waals surface area contributed by atoms with Crippen LogP contribution in [-0.2, 0) is 9.53 Å². The summed E-state index contributed by atoms with van der Waals surface area (Å²) in [5, 5.41) is 13.4. The van der Waals surface area contributed by atoms with E-state index in [1.165, 1.54) is 12.8 Å². The van der Waals surface area contributed by atoms with E-state index in [2.05, 4.69) is 22.0 Å². The fourth-order valence-electron chi connectivity index (χ4n) is 3.98. The lowest BCUT2D eigenvalue weighted by molar-refractivity contribution is -0.148. The zero-order chi connectivity index (χ0) is 20.5. The highest BCUT2D eigenvalue weighted by Gasteiger charge is 2.21. The highest BCUT2D eigenvalue weighted by atomic mass is 127.